The van der Waals surface area contributed by atoms with Crippen LogP contribution >= 0.6 is 0 Å². The summed E-state index contributed by atoms with van der Waals surface area (Å²) in [5.74, 6) is 0. The summed E-state index contributed by atoms with van der Waals surface area (Å²) in [4.78, 5) is 0. The highest BCUT2D eigenvalue weighted by molar-refractivity contribution is 5.02. The van der Waals surface area contributed by atoms with Crippen molar-refractivity contribution in [2.24, 2.45) is 0 Å². The van der Waals surface area contributed by atoms with E-state index in [4.69, 9.17) is 0 Å². The maximum Gasteiger partial charge on any atom is 0.0721 e. The molecule has 1 aliphatic heterocycles. The van der Waals surface area contributed by atoms with Crippen LogP contribution in [0.5, 0.6) is 0 Å². The molecule has 2 atom stereocenters. The molecule has 0 amide bonds. The first-order valence-corrected chi connectivity index (χ1v) is 4.27. The van der Waals surface area contributed by atoms with Crippen LogP contribution < -0.4 is 5.32 Å². The second-order valence-corrected chi connectivity index (χ2v) is 3.59. The smallest absolute Gasteiger partial charge is 0.0721 e. The Bertz CT molecular complexity index is 124. The Morgan fingerprint density at radius 1 is 1.30 bits per heavy atom. The summed E-state index contributed by atoms with van der Waals surface area (Å²) in [6, 6.07) is 0. The number of aliphatic hydroxyl groups is 1. The van der Waals surface area contributed by atoms with Gasteiger partial charge in [-0.3, -0.25) is 0 Å². The van der Waals surface area contributed by atoms with Gasteiger partial charge in [0.1, 0.15) is 0 Å². The molecule has 10 heavy (non-hydrogen) atoms. The zero-order chi connectivity index (χ0) is 7.03. The standard InChI is InChI=1S/C8H15NO/c10-7-3-1-4-8(7)5-2-6-9-8/h7,9-10H,1-6H2/t7-,8-/m0/s1. The largest absolute Gasteiger partial charge is 0.391 e. The van der Waals surface area contributed by atoms with Crippen molar-refractivity contribution in [2.45, 2.75) is 43.7 Å². The minimum atomic E-state index is -0.0602. The minimum absolute atomic E-state index is 0.0602. The maximum atomic E-state index is 9.62. The van der Waals surface area contributed by atoms with Gasteiger partial charge in [-0.15, -0.1) is 0 Å². The Morgan fingerprint density at radius 2 is 2.10 bits per heavy atom. The fourth-order valence-corrected chi connectivity index (χ4v) is 2.38. The molecule has 2 nitrogen and oxygen atoms in total. The molecule has 0 bridgehead atoms. The average molecular weight is 141 g/mol. The first-order chi connectivity index (χ1) is 4.83. The van der Waals surface area contributed by atoms with E-state index in [2.05, 4.69) is 5.32 Å². The highest BCUT2D eigenvalue weighted by Gasteiger charge is 2.43. The fraction of sp³-hybridized carbons (Fsp3) is 1.00. The van der Waals surface area contributed by atoms with Gasteiger partial charge in [0.15, 0.2) is 0 Å². The van der Waals surface area contributed by atoms with Gasteiger partial charge in [-0.1, -0.05) is 0 Å². The van der Waals surface area contributed by atoms with Crippen molar-refractivity contribution < 1.29 is 5.11 Å². The molecule has 0 unspecified atom stereocenters. The van der Waals surface area contributed by atoms with Crippen molar-refractivity contribution in [1.29, 1.82) is 0 Å². The van der Waals surface area contributed by atoms with E-state index < -0.39 is 0 Å². The summed E-state index contributed by atoms with van der Waals surface area (Å²) < 4.78 is 0. The fourth-order valence-electron chi connectivity index (χ4n) is 2.38. The third-order valence-corrected chi connectivity index (χ3v) is 3.02. The van der Waals surface area contributed by atoms with Crippen LogP contribution in [0.25, 0.3) is 0 Å². The highest BCUT2D eigenvalue weighted by atomic mass is 16.3. The second kappa shape index (κ2) is 2.21. The van der Waals surface area contributed by atoms with Crippen LogP contribution in [0.4, 0.5) is 0 Å². The molecule has 2 heteroatoms. The lowest BCUT2D eigenvalue weighted by molar-refractivity contribution is 0.0976. The summed E-state index contributed by atoms with van der Waals surface area (Å²) in [7, 11) is 0. The Kier molecular flexibility index (Phi) is 1.46. The minimum Gasteiger partial charge on any atom is -0.391 e. The Labute approximate surface area is 61.6 Å². The van der Waals surface area contributed by atoms with Gasteiger partial charge in [-0.05, 0) is 38.6 Å². The molecule has 58 valence electrons. The summed E-state index contributed by atoms with van der Waals surface area (Å²) in [5.41, 5.74) is 0.153. The predicted molar refractivity (Wildman–Crippen MR) is 39.8 cm³/mol. The number of rotatable bonds is 0. The quantitative estimate of drug-likeness (QED) is 0.519. The van der Waals surface area contributed by atoms with Crippen molar-refractivity contribution in [3.63, 3.8) is 0 Å². The average Bonchev–Trinajstić information content (AvgIpc) is 2.48. The van der Waals surface area contributed by atoms with Crippen LogP contribution in [0.2, 0.25) is 0 Å². The van der Waals surface area contributed by atoms with E-state index in [1.165, 1.54) is 25.7 Å². The molecule has 1 aliphatic carbocycles. The van der Waals surface area contributed by atoms with Crippen molar-refractivity contribution >= 4 is 0 Å². The van der Waals surface area contributed by atoms with Gasteiger partial charge in [-0.25, -0.2) is 0 Å². The molecule has 2 rings (SSSR count). The molecule has 1 saturated carbocycles. The third-order valence-electron chi connectivity index (χ3n) is 3.02. The van der Waals surface area contributed by atoms with Crippen molar-refractivity contribution in [2.75, 3.05) is 6.54 Å². The first kappa shape index (κ1) is 6.62. The van der Waals surface area contributed by atoms with Gasteiger partial charge in [0.05, 0.1) is 6.10 Å². The van der Waals surface area contributed by atoms with Gasteiger partial charge in [0.2, 0.25) is 0 Å². The van der Waals surface area contributed by atoms with E-state index in [1.807, 2.05) is 0 Å². The van der Waals surface area contributed by atoms with Crippen LogP contribution in [-0.2, 0) is 0 Å². The number of hydrogen-bond acceptors (Lipinski definition) is 2. The molecule has 0 aromatic heterocycles. The van der Waals surface area contributed by atoms with Crippen LogP contribution in [0.1, 0.15) is 32.1 Å². The topological polar surface area (TPSA) is 32.3 Å². The lowest BCUT2D eigenvalue weighted by Gasteiger charge is -2.27. The van der Waals surface area contributed by atoms with E-state index in [0.717, 1.165) is 13.0 Å². The number of hydrogen-bond donors (Lipinski definition) is 2. The Balaban J connectivity index is 2.11. The molecule has 1 heterocycles. The maximum absolute atomic E-state index is 9.62. The Hall–Kier alpha value is -0.0800. The molecule has 1 spiro atoms. The number of nitrogens with one attached hydrogen (secondary N) is 1. The van der Waals surface area contributed by atoms with Gasteiger partial charge in [0, 0.05) is 5.54 Å². The lowest BCUT2D eigenvalue weighted by Crippen LogP contribution is -2.46. The summed E-state index contributed by atoms with van der Waals surface area (Å²) in [6.07, 6.45) is 5.77. The van der Waals surface area contributed by atoms with Gasteiger partial charge in [0.25, 0.3) is 0 Å². The summed E-state index contributed by atoms with van der Waals surface area (Å²) in [6.45, 7) is 1.11. The second-order valence-electron chi connectivity index (χ2n) is 3.59. The molecular weight excluding hydrogens is 126 g/mol. The van der Waals surface area contributed by atoms with E-state index in [9.17, 15) is 5.11 Å². The SMILES string of the molecule is O[C@H]1CCC[C@]12CCCN2. The molecule has 0 aromatic carbocycles. The number of aliphatic hydroxyl groups excluding tert-OH is 1. The molecular formula is C8H15NO. The van der Waals surface area contributed by atoms with E-state index in [0.29, 0.717) is 0 Å². The van der Waals surface area contributed by atoms with Crippen LogP contribution in [0, 0.1) is 0 Å². The summed E-state index contributed by atoms with van der Waals surface area (Å²) in [5, 5.41) is 13.0. The molecule has 2 aliphatic rings. The van der Waals surface area contributed by atoms with E-state index in [-0.39, 0.29) is 11.6 Å². The van der Waals surface area contributed by atoms with E-state index >= 15 is 0 Å². The normalized spacial score (nSPS) is 47.1. The van der Waals surface area contributed by atoms with Gasteiger partial charge in [-0.2, -0.15) is 0 Å². The highest BCUT2D eigenvalue weighted by Crippen LogP contribution is 2.36. The molecule has 0 radical (unpaired) electrons. The first-order valence-electron chi connectivity index (χ1n) is 4.27. The zero-order valence-corrected chi connectivity index (χ0v) is 6.27. The van der Waals surface area contributed by atoms with Crippen LogP contribution in [0.15, 0.2) is 0 Å². The summed E-state index contributed by atoms with van der Waals surface area (Å²) >= 11 is 0. The Morgan fingerprint density at radius 3 is 2.60 bits per heavy atom. The third kappa shape index (κ3) is 0.789. The lowest BCUT2D eigenvalue weighted by atomic mass is 9.94. The van der Waals surface area contributed by atoms with Crippen molar-refractivity contribution in [3.05, 3.63) is 0 Å². The zero-order valence-electron chi connectivity index (χ0n) is 6.27. The monoisotopic (exact) mass is 141 g/mol. The molecule has 2 fully saturated rings. The molecule has 1 saturated heterocycles. The molecule has 2 N–H and O–H groups in total. The van der Waals surface area contributed by atoms with Crippen LogP contribution in [0.3, 0.4) is 0 Å². The predicted octanol–water partition coefficient (Wildman–Crippen LogP) is 0.653. The van der Waals surface area contributed by atoms with Crippen LogP contribution in [-0.4, -0.2) is 23.3 Å². The van der Waals surface area contributed by atoms with E-state index in [1.54, 1.807) is 0 Å². The van der Waals surface area contributed by atoms with Gasteiger partial charge >= 0.3 is 0 Å². The van der Waals surface area contributed by atoms with Gasteiger partial charge < -0.3 is 10.4 Å². The van der Waals surface area contributed by atoms with Crippen molar-refractivity contribution in [1.82, 2.24) is 5.32 Å². The van der Waals surface area contributed by atoms with Crippen molar-refractivity contribution in [3.8, 4) is 0 Å². The molecule has 0 aromatic rings.